The van der Waals surface area contributed by atoms with Gasteiger partial charge in [0.15, 0.2) is 0 Å². The van der Waals surface area contributed by atoms with E-state index in [2.05, 4.69) is 40.7 Å². The van der Waals surface area contributed by atoms with Crippen molar-refractivity contribution in [1.82, 2.24) is 0 Å². The summed E-state index contributed by atoms with van der Waals surface area (Å²) < 4.78 is 5.77. The van der Waals surface area contributed by atoms with Crippen molar-refractivity contribution in [3.63, 3.8) is 0 Å². The summed E-state index contributed by atoms with van der Waals surface area (Å²) in [7, 11) is 0. The number of rotatable bonds is 8. The van der Waals surface area contributed by atoms with Gasteiger partial charge < -0.3 is 10.5 Å². The Hall–Kier alpha value is -0.540. The highest BCUT2D eigenvalue weighted by Crippen LogP contribution is 2.67. The van der Waals surface area contributed by atoms with Gasteiger partial charge in [-0.25, -0.2) is 0 Å². The molecule has 3 nitrogen and oxygen atoms in total. The second-order valence-corrected chi connectivity index (χ2v) is 13.2. The van der Waals surface area contributed by atoms with E-state index in [1.54, 1.807) is 5.57 Å². The van der Waals surface area contributed by atoms with Crippen LogP contribution in [-0.4, -0.2) is 18.6 Å². The van der Waals surface area contributed by atoms with Crippen molar-refractivity contribution in [2.45, 2.75) is 118 Å². The Bertz CT molecular complexity index is 735. The van der Waals surface area contributed by atoms with Gasteiger partial charge in [-0.2, -0.15) is 0 Å². The van der Waals surface area contributed by atoms with E-state index in [1.807, 2.05) is 0 Å². The summed E-state index contributed by atoms with van der Waals surface area (Å²) in [6.45, 7) is 12.9. The van der Waals surface area contributed by atoms with Gasteiger partial charge in [0.2, 0.25) is 0 Å². The Morgan fingerprint density at radius 2 is 1.85 bits per heavy atom. The fourth-order valence-corrected chi connectivity index (χ4v) is 9.12. The fourth-order valence-electron chi connectivity index (χ4n) is 9.12. The van der Waals surface area contributed by atoms with Crippen LogP contribution >= 0.6 is 12.4 Å². The first kappa shape index (κ1) is 28.0. The van der Waals surface area contributed by atoms with Crippen molar-refractivity contribution in [3.8, 4) is 0 Å². The van der Waals surface area contributed by atoms with Crippen molar-refractivity contribution in [3.05, 3.63) is 11.6 Å². The molecule has 0 aromatic heterocycles. The van der Waals surface area contributed by atoms with Crippen LogP contribution in [0.25, 0.3) is 0 Å². The highest BCUT2D eigenvalue weighted by molar-refractivity contribution is 5.85. The summed E-state index contributed by atoms with van der Waals surface area (Å²) >= 11 is 0. The highest BCUT2D eigenvalue weighted by Gasteiger charge is 2.59. The van der Waals surface area contributed by atoms with Crippen molar-refractivity contribution in [2.75, 3.05) is 6.54 Å². The highest BCUT2D eigenvalue weighted by atomic mass is 35.5. The van der Waals surface area contributed by atoms with E-state index in [1.165, 1.54) is 57.8 Å². The van der Waals surface area contributed by atoms with Gasteiger partial charge in [-0.05, 0) is 91.3 Å². The SMILES string of the molecule is CC(C)CCC[C@@H](C)[C@H]1CCC2C3CC=C4CC(OC(=O)CCN)CC[C@]4(C)C3CC[C@@]21C.Cl. The number of hydrogen-bond acceptors (Lipinski definition) is 3. The van der Waals surface area contributed by atoms with Gasteiger partial charge in [-0.1, -0.05) is 65.5 Å². The van der Waals surface area contributed by atoms with Crippen molar-refractivity contribution < 1.29 is 9.53 Å². The van der Waals surface area contributed by atoms with E-state index < -0.39 is 0 Å². The minimum atomic E-state index is -0.117. The molecule has 0 heterocycles. The summed E-state index contributed by atoms with van der Waals surface area (Å²) in [6, 6.07) is 0. The summed E-state index contributed by atoms with van der Waals surface area (Å²) in [6.07, 6.45) is 17.4. The second kappa shape index (κ2) is 11.2. The van der Waals surface area contributed by atoms with Crippen LogP contribution in [0.15, 0.2) is 11.6 Å². The Morgan fingerprint density at radius 3 is 2.56 bits per heavy atom. The molecule has 196 valence electrons. The van der Waals surface area contributed by atoms with Gasteiger partial charge in [-0.15, -0.1) is 12.4 Å². The molecule has 4 aliphatic rings. The number of esters is 1. The molecule has 34 heavy (non-hydrogen) atoms. The lowest BCUT2D eigenvalue weighted by atomic mass is 9.47. The predicted octanol–water partition coefficient (Wildman–Crippen LogP) is 7.71. The lowest BCUT2D eigenvalue weighted by Crippen LogP contribution is -2.51. The van der Waals surface area contributed by atoms with Gasteiger partial charge in [0, 0.05) is 13.0 Å². The molecule has 0 spiro atoms. The minimum absolute atomic E-state index is 0. The molecule has 8 atom stereocenters. The van der Waals surface area contributed by atoms with Crippen LogP contribution in [0.5, 0.6) is 0 Å². The molecule has 0 amide bonds. The van der Waals surface area contributed by atoms with Crippen LogP contribution in [0.2, 0.25) is 0 Å². The largest absolute Gasteiger partial charge is 0.462 e. The molecular weight excluding hydrogens is 442 g/mol. The Balaban J connectivity index is 0.00000324. The minimum Gasteiger partial charge on any atom is -0.462 e. The second-order valence-electron chi connectivity index (χ2n) is 13.2. The summed E-state index contributed by atoms with van der Waals surface area (Å²) in [5, 5.41) is 0. The first-order chi connectivity index (χ1) is 15.7. The molecule has 4 heteroatoms. The topological polar surface area (TPSA) is 52.3 Å². The molecule has 3 saturated carbocycles. The standard InChI is InChI=1S/C30H51NO2.ClH/c1-20(2)7-6-8-21(3)25-11-12-26-24-10-9-22-19-23(33-28(32)15-18-31)13-16-29(22,4)27(24)14-17-30(25,26)5;/h9,20-21,23-27H,6-8,10-19,31H2,1-5H3;1H/t21-,23?,24?,25-,26?,27?,29+,30-;/m1./s1. The predicted molar refractivity (Wildman–Crippen MR) is 144 cm³/mol. The van der Waals surface area contributed by atoms with Crippen LogP contribution in [0.1, 0.15) is 112 Å². The van der Waals surface area contributed by atoms with E-state index in [9.17, 15) is 4.79 Å². The maximum absolute atomic E-state index is 12.0. The first-order valence-corrected chi connectivity index (χ1v) is 14.3. The molecule has 4 aliphatic carbocycles. The summed E-state index contributed by atoms with van der Waals surface area (Å²) in [5.74, 6) is 5.11. The number of carbonyl (C=O) groups is 1. The Labute approximate surface area is 215 Å². The monoisotopic (exact) mass is 493 g/mol. The van der Waals surface area contributed by atoms with Crippen LogP contribution in [0, 0.1) is 46.3 Å². The van der Waals surface area contributed by atoms with Crippen LogP contribution in [0.4, 0.5) is 0 Å². The van der Waals surface area contributed by atoms with E-state index in [-0.39, 0.29) is 24.5 Å². The van der Waals surface area contributed by atoms with Crippen molar-refractivity contribution >= 4 is 18.4 Å². The number of fused-ring (bicyclic) bond motifs is 5. The fraction of sp³-hybridized carbons (Fsp3) is 0.900. The smallest absolute Gasteiger partial charge is 0.307 e. The van der Waals surface area contributed by atoms with E-state index in [0.717, 1.165) is 48.3 Å². The average molecular weight is 494 g/mol. The number of ether oxygens (including phenoxy) is 1. The third-order valence-electron chi connectivity index (χ3n) is 10.9. The molecular formula is C30H52ClNO2. The molecule has 0 aromatic carbocycles. The van der Waals surface area contributed by atoms with Gasteiger partial charge in [-0.3, -0.25) is 4.79 Å². The maximum Gasteiger partial charge on any atom is 0.307 e. The zero-order valence-corrected chi connectivity index (χ0v) is 23.4. The molecule has 0 radical (unpaired) electrons. The number of halogens is 1. The van der Waals surface area contributed by atoms with Crippen LogP contribution in [0.3, 0.4) is 0 Å². The van der Waals surface area contributed by atoms with Gasteiger partial charge >= 0.3 is 5.97 Å². The molecule has 0 aromatic rings. The number of carbonyl (C=O) groups excluding carboxylic acids is 1. The van der Waals surface area contributed by atoms with Gasteiger partial charge in [0.1, 0.15) is 6.10 Å². The molecule has 3 fully saturated rings. The number of hydrogen-bond donors (Lipinski definition) is 1. The number of allylic oxidation sites excluding steroid dienone is 1. The van der Waals surface area contributed by atoms with Crippen molar-refractivity contribution in [1.29, 1.82) is 0 Å². The zero-order valence-electron chi connectivity index (χ0n) is 22.6. The normalized spacial score (nSPS) is 39.9. The van der Waals surface area contributed by atoms with Crippen molar-refractivity contribution in [2.24, 2.45) is 52.1 Å². The van der Waals surface area contributed by atoms with E-state index in [4.69, 9.17) is 10.5 Å². The summed E-state index contributed by atoms with van der Waals surface area (Å²) in [4.78, 5) is 12.0. The van der Waals surface area contributed by atoms with E-state index >= 15 is 0 Å². The third-order valence-corrected chi connectivity index (χ3v) is 10.9. The van der Waals surface area contributed by atoms with Gasteiger partial charge in [0.25, 0.3) is 0 Å². The average Bonchev–Trinajstić information content (AvgIpc) is 3.11. The molecule has 4 rings (SSSR count). The van der Waals surface area contributed by atoms with Crippen LogP contribution in [-0.2, 0) is 9.53 Å². The zero-order chi connectivity index (χ0) is 23.8. The number of nitrogens with two attached hydrogens (primary N) is 1. The quantitative estimate of drug-likeness (QED) is 0.278. The Kier molecular flexibility index (Phi) is 9.27. The molecule has 0 saturated heterocycles. The van der Waals surface area contributed by atoms with E-state index in [0.29, 0.717) is 23.8 Å². The lowest BCUT2D eigenvalue weighted by molar-refractivity contribution is -0.151. The maximum atomic E-state index is 12.0. The van der Waals surface area contributed by atoms with Crippen LogP contribution < -0.4 is 5.73 Å². The molecule has 4 unspecified atom stereocenters. The Morgan fingerprint density at radius 1 is 1.09 bits per heavy atom. The van der Waals surface area contributed by atoms with Gasteiger partial charge in [0.05, 0.1) is 6.42 Å². The molecule has 0 bridgehead atoms. The molecule has 2 N–H and O–H groups in total. The summed E-state index contributed by atoms with van der Waals surface area (Å²) in [5.41, 5.74) is 8.01. The first-order valence-electron chi connectivity index (χ1n) is 14.3. The third kappa shape index (κ3) is 5.26. The lowest BCUT2D eigenvalue weighted by Gasteiger charge is -2.58. The molecule has 0 aliphatic heterocycles.